The third kappa shape index (κ3) is 4.30. The van der Waals surface area contributed by atoms with E-state index in [0.717, 1.165) is 12.1 Å². The molecule has 1 aliphatic rings. The second kappa shape index (κ2) is 8.30. The molecule has 2 nitrogen and oxygen atoms in total. The van der Waals surface area contributed by atoms with Crippen LogP contribution in [0.4, 0.5) is 4.39 Å². The van der Waals surface area contributed by atoms with Crippen LogP contribution < -0.4 is 10.1 Å². The van der Waals surface area contributed by atoms with Crippen LogP contribution >= 0.6 is 23.5 Å². The SMILES string of the molecule is CCNC(Cc1cccc(OC)c1F)C1SCCSC1C. The van der Waals surface area contributed by atoms with E-state index in [-0.39, 0.29) is 5.82 Å². The smallest absolute Gasteiger partial charge is 0.168 e. The van der Waals surface area contributed by atoms with Crippen molar-refractivity contribution in [2.24, 2.45) is 0 Å². The summed E-state index contributed by atoms with van der Waals surface area (Å²) in [6.45, 7) is 5.30. The zero-order chi connectivity index (χ0) is 15.2. The normalized spacial score (nSPS) is 23.8. The Morgan fingerprint density at radius 2 is 2.14 bits per heavy atom. The molecule has 1 N–H and O–H groups in total. The molecule has 0 aliphatic carbocycles. The Hall–Kier alpha value is -0.390. The molecule has 1 saturated heterocycles. The number of hydrogen-bond acceptors (Lipinski definition) is 4. The Balaban J connectivity index is 2.15. The minimum Gasteiger partial charge on any atom is -0.494 e. The molecule has 2 rings (SSSR count). The van der Waals surface area contributed by atoms with Crippen LogP contribution in [0.3, 0.4) is 0 Å². The van der Waals surface area contributed by atoms with E-state index >= 15 is 0 Å². The van der Waals surface area contributed by atoms with Crippen molar-refractivity contribution >= 4 is 23.5 Å². The van der Waals surface area contributed by atoms with Gasteiger partial charge in [0.2, 0.25) is 0 Å². The van der Waals surface area contributed by atoms with Gasteiger partial charge >= 0.3 is 0 Å². The number of benzene rings is 1. The lowest BCUT2D eigenvalue weighted by atomic mass is 10.0. The van der Waals surface area contributed by atoms with Crippen LogP contribution in [0.5, 0.6) is 5.75 Å². The Morgan fingerprint density at radius 3 is 2.81 bits per heavy atom. The molecule has 3 unspecified atom stereocenters. The predicted molar refractivity (Wildman–Crippen MR) is 92.3 cm³/mol. The van der Waals surface area contributed by atoms with Crippen molar-refractivity contribution < 1.29 is 9.13 Å². The number of rotatable bonds is 6. The summed E-state index contributed by atoms with van der Waals surface area (Å²) >= 11 is 4.04. The van der Waals surface area contributed by atoms with Crippen LogP contribution in [0.25, 0.3) is 0 Å². The van der Waals surface area contributed by atoms with E-state index in [2.05, 4.69) is 19.2 Å². The molecule has 1 fully saturated rings. The van der Waals surface area contributed by atoms with Gasteiger partial charge in [-0.3, -0.25) is 0 Å². The Bertz CT molecular complexity index is 458. The molecule has 0 bridgehead atoms. The topological polar surface area (TPSA) is 21.3 Å². The van der Waals surface area contributed by atoms with Gasteiger partial charge in [-0.2, -0.15) is 23.5 Å². The quantitative estimate of drug-likeness (QED) is 0.860. The van der Waals surface area contributed by atoms with Crippen molar-refractivity contribution in [3.05, 3.63) is 29.6 Å². The largest absolute Gasteiger partial charge is 0.494 e. The predicted octanol–water partition coefficient (Wildman–Crippen LogP) is 3.59. The van der Waals surface area contributed by atoms with Gasteiger partial charge in [0.1, 0.15) is 0 Å². The summed E-state index contributed by atoms with van der Waals surface area (Å²) in [7, 11) is 1.51. The highest BCUT2D eigenvalue weighted by atomic mass is 32.2. The summed E-state index contributed by atoms with van der Waals surface area (Å²) < 4.78 is 19.5. The average Bonchev–Trinajstić information content (AvgIpc) is 2.49. The zero-order valence-corrected chi connectivity index (χ0v) is 14.5. The lowest BCUT2D eigenvalue weighted by Gasteiger charge is -2.35. The van der Waals surface area contributed by atoms with E-state index in [1.165, 1.54) is 18.6 Å². The number of nitrogens with one attached hydrogen (secondary N) is 1. The number of methoxy groups -OCH3 is 1. The number of halogens is 1. The first-order valence-corrected chi connectivity index (χ1v) is 9.55. The number of hydrogen-bond donors (Lipinski definition) is 1. The van der Waals surface area contributed by atoms with E-state index in [1.807, 2.05) is 35.7 Å². The van der Waals surface area contributed by atoms with Crippen molar-refractivity contribution in [1.82, 2.24) is 5.32 Å². The highest BCUT2D eigenvalue weighted by Gasteiger charge is 2.30. The first kappa shape index (κ1) is 17.0. The van der Waals surface area contributed by atoms with Gasteiger partial charge in [0.25, 0.3) is 0 Å². The molecule has 0 spiro atoms. The Kier molecular flexibility index (Phi) is 6.71. The molecule has 1 aliphatic heterocycles. The molecule has 21 heavy (non-hydrogen) atoms. The van der Waals surface area contributed by atoms with E-state index in [0.29, 0.717) is 28.7 Å². The van der Waals surface area contributed by atoms with E-state index in [9.17, 15) is 4.39 Å². The van der Waals surface area contributed by atoms with Gasteiger partial charge in [-0.05, 0) is 24.6 Å². The van der Waals surface area contributed by atoms with Gasteiger partial charge in [0.05, 0.1) is 7.11 Å². The minimum absolute atomic E-state index is 0.219. The van der Waals surface area contributed by atoms with Crippen molar-refractivity contribution in [1.29, 1.82) is 0 Å². The van der Waals surface area contributed by atoms with Gasteiger partial charge < -0.3 is 10.1 Å². The monoisotopic (exact) mass is 329 g/mol. The maximum Gasteiger partial charge on any atom is 0.168 e. The van der Waals surface area contributed by atoms with Crippen LogP contribution in [0.15, 0.2) is 18.2 Å². The lowest BCUT2D eigenvalue weighted by Crippen LogP contribution is -2.45. The van der Waals surface area contributed by atoms with Crippen molar-refractivity contribution in [3.63, 3.8) is 0 Å². The Labute approximate surface area is 135 Å². The molecule has 0 amide bonds. The summed E-state index contributed by atoms with van der Waals surface area (Å²) in [5, 5.41) is 4.68. The molecule has 0 radical (unpaired) electrons. The second-order valence-corrected chi connectivity index (χ2v) is 7.98. The van der Waals surface area contributed by atoms with Crippen LogP contribution in [0.1, 0.15) is 19.4 Å². The molecule has 1 aromatic carbocycles. The molecule has 1 heterocycles. The zero-order valence-electron chi connectivity index (χ0n) is 12.9. The van der Waals surface area contributed by atoms with Gasteiger partial charge in [-0.15, -0.1) is 0 Å². The summed E-state index contributed by atoms with van der Waals surface area (Å²) in [6.07, 6.45) is 0.708. The molecule has 5 heteroatoms. The summed E-state index contributed by atoms with van der Waals surface area (Å²) in [5.74, 6) is 2.52. The number of thioether (sulfide) groups is 2. The highest BCUT2D eigenvalue weighted by Crippen LogP contribution is 2.34. The Morgan fingerprint density at radius 1 is 1.38 bits per heavy atom. The summed E-state index contributed by atoms with van der Waals surface area (Å²) in [6, 6.07) is 5.71. The van der Waals surface area contributed by atoms with Crippen molar-refractivity contribution in [3.8, 4) is 5.75 Å². The first-order chi connectivity index (χ1) is 10.2. The maximum absolute atomic E-state index is 14.4. The fraction of sp³-hybridized carbons (Fsp3) is 0.625. The van der Waals surface area contributed by atoms with E-state index in [4.69, 9.17) is 4.74 Å². The molecule has 3 atom stereocenters. The molecule has 0 aromatic heterocycles. The summed E-state index contributed by atoms with van der Waals surface area (Å²) in [5.41, 5.74) is 0.740. The van der Waals surface area contributed by atoms with Gasteiger partial charge in [-0.25, -0.2) is 4.39 Å². The molecular formula is C16H24FNOS2. The highest BCUT2D eigenvalue weighted by molar-refractivity contribution is 8.07. The van der Waals surface area contributed by atoms with Crippen molar-refractivity contribution in [2.75, 3.05) is 25.2 Å². The van der Waals surface area contributed by atoms with Gasteiger partial charge in [0, 0.05) is 28.0 Å². The first-order valence-electron chi connectivity index (χ1n) is 7.45. The molecule has 118 valence electrons. The minimum atomic E-state index is -0.219. The summed E-state index contributed by atoms with van der Waals surface area (Å²) in [4.78, 5) is 0. The molecule has 0 saturated carbocycles. The second-order valence-electron chi connectivity index (χ2n) is 5.21. The number of ether oxygens (including phenoxy) is 1. The van der Waals surface area contributed by atoms with Gasteiger partial charge in [-0.1, -0.05) is 26.0 Å². The van der Waals surface area contributed by atoms with Crippen LogP contribution in [-0.2, 0) is 6.42 Å². The third-order valence-electron chi connectivity index (χ3n) is 3.80. The fourth-order valence-electron chi connectivity index (χ4n) is 2.77. The van der Waals surface area contributed by atoms with Crippen LogP contribution in [0.2, 0.25) is 0 Å². The van der Waals surface area contributed by atoms with Gasteiger partial charge in [0.15, 0.2) is 11.6 Å². The number of likely N-dealkylation sites (N-methyl/N-ethyl adjacent to an activating group) is 1. The van der Waals surface area contributed by atoms with Crippen LogP contribution in [0, 0.1) is 5.82 Å². The third-order valence-corrected chi connectivity index (χ3v) is 7.05. The average molecular weight is 330 g/mol. The van der Waals surface area contributed by atoms with E-state index in [1.54, 1.807) is 6.07 Å². The maximum atomic E-state index is 14.4. The van der Waals surface area contributed by atoms with E-state index < -0.39 is 0 Å². The molecule has 1 aromatic rings. The van der Waals surface area contributed by atoms with Crippen molar-refractivity contribution in [2.45, 2.75) is 36.8 Å². The van der Waals surface area contributed by atoms with Crippen LogP contribution in [-0.4, -0.2) is 41.7 Å². The lowest BCUT2D eigenvalue weighted by molar-refractivity contribution is 0.382. The fourth-order valence-corrected chi connectivity index (χ4v) is 5.73. The molecular weight excluding hydrogens is 305 g/mol. The standard InChI is InChI=1S/C16H24FNOS2/c1-4-18-13(16-11(2)20-8-9-21-16)10-12-6-5-7-14(19-3)15(12)17/h5-7,11,13,16,18H,4,8-10H2,1-3H3.